The summed E-state index contributed by atoms with van der Waals surface area (Å²) in [7, 11) is -4.09. The van der Waals surface area contributed by atoms with Crippen LogP contribution in [0.15, 0.2) is 93.9 Å². The van der Waals surface area contributed by atoms with Crippen molar-refractivity contribution in [3.05, 3.63) is 94.5 Å². The zero-order valence-electron chi connectivity index (χ0n) is 20.1. The Kier molecular flexibility index (Phi) is 7.59. The van der Waals surface area contributed by atoms with Crippen molar-refractivity contribution in [3.63, 3.8) is 0 Å². The minimum Gasteiger partial charge on any atom is -0.368 e. The van der Waals surface area contributed by atoms with Crippen molar-refractivity contribution in [2.24, 2.45) is 15.8 Å². The number of nitrogens with zero attached hydrogens (tertiary/aromatic N) is 3. The van der Waals surface area contributed by atoms with E-state index in [1.54, 1.807) is 17.1 Å². The Balaban J connectivity index is 1.80. The second-order valence-corrected chi connectivity index (χ2v) is 11.5. The molecule has 0 radical (unpaired) electrons. The molecule has 0 aliphatic carbocycles. The van der Waals surface area contributed by atoms with Crippen molar-refractivity contribution in [2.75, 3.05) is 5.01 Å². The van der Waals surface area contributed by atoms with Crippen LogP contribution in [0.2, 0.25) is 10.0 Å². The molecule has 1 atom stereocenters. The van der Waals surface area contributed by atoms with Gasteiger partial charge in [-0.3, -0.25) is 14.5 Å². The average Bonchev–Trinajstić information content (AvgIpc) is 3.30. The van der Waals surface area contributed by atoms with Crippen molar-refractivity contribution < 1.29 is 13.2 Å². The Morgan fingerprint density at radius 2 is 1.57 bits per heavy atom. The highest BCUT2D eigenvalue weighted by atomic mass is 35.5. The van der Waals surface area contributed by atoms with E-state index in [9.17, 15) is 13.2 Å². The number of carbonyl (C=O) groups is 1. The molecule has 8 nitrogen and oxygen atoms in total. The summed E-state index contributed by atoms with van der Waals surface area (Å²) in [4.78, 5) is 16.5. The maximum absolute atomic E-state index is 13.3. The van der Waals surface area contributed by atoms with E-state index in [4.69, 9.17) is 34.0 Å². The van der Waals surface area contributed by atoms with E-state index in [1.807, 2.05) is 42.5 Å². The van der Waals surface area contributed by atoms with Crippen LogP contribution < -0.4 is 15.5 Å². The summed E-state index contributed by atoms with van der Waals surface area (Å²) >= 11 is 12.0. The highest BCUT2D eigenvalue weighted by molar-refractivity contribution is 7.90. The van der Waals surface area contributed by atoms with Gasteiger partial charge in [-0.25, -0.2) is 13.4 Å². The minimum absolute atomic E-state index is 0.0192. The van der Waals surface area contributed by atoms with E-state index in [-0.39, 0.29) is 16.8 Å². The Morgan fingerprint density at radius 1 is 1.00 bits per heavy atom. The molecule has 1 aliphatic rings. The molecule has 0 bridgehead atoms. The third-order valence-corrected chi connectivity index (χ3v) is 7.67. The number of amides is 1. The fourth-order valence-corrected chi connectivity index (χ4v) is 4.98. The second kappa shape index (κ2) is 10.5. The number of amidine groups is 1. The van der Waals surface area contributed by atoms with Crippen LogP contribution in [-0.4, -0.2) is 31.4 Å². The molecule has 0 saturated heterocycles. The van der Waals surface area contributed by atoms with Crippen LogP contribution in [0, 0.1) is 0 Å². The zero-order chi connectivity index (χ0) is 26.8. The Labute approximate surface area is 225 Å². The lowest BCUT2D eigenvalue weighted by Crippen LogP contribution is -2.43. The van der Waals surface area contributed by atoms with Crippen molar-refractivity contribution in [2.45, 2.75) is 36.7 Å². The predicted octanol–water partition coefficient (Wildman–Crippen LogP) is 4.94. The molecule has 3 N–H and O–H groups in total. The first kappa shape index (κ1) is 26.7. The Bertz CT molecular complexity index is 1460. The summed E-state index contributed by atoms with van der Waals surface area (Å²) < 4.78 is 29.1. The lowest BCUT2D eigenvalue weighted by Gasteiger charge is -2.24. The van der Waals surface area contributed by atoms with Gasteiger partial charge >= 0.3 is 0 Å². The zero-order valence-corrected chi connectivity index (χ0v) is 22.4. The third kappa shape index (κ3) is 6.12. The van der Waals surface area contributed by atoms with Crippen molar-refractivity contribution >= 4 is 56.4 Å². The minimum atomic E-state index is -4.09. The number of nitrogens with one attached hydrogen (secondary N) is 1. The number of nitrogens with two attached hydrogens (primary N) is 1. The van der Waals surface area contributed by atoms with Crippen molar-refractivity contribution in [3.8, 4) is 0 Å². The van der Waals surface area contributed by atoms with Gasteiger partial charge in [0.15, 0.2) is 5.84 Å². The monoisotopic (exact) mass is 557 g/mol. The number of rotatable bonds is 7. The van der Waals surface area contributed by atoms with Crippen LogP contribution >= 0.6 is 23.2 Å². The van der Waals surface area contributed by atoms with Gasteiger partial charge in [-0.05, 0) is 67.9 Å². The summed E-state index contributed by atoms with van der Waals surface area (Å²) in [5, 5.41) is 7.51. The average molecular weight is 558 g/mol. The maximum Gasteiger partial charge on any atom is 0.263 e. The van der Waals surface area contributed by atoms with Gasteiger partial charge in [0.05, 0.1) is 16.6 Å². The van der Waals surface area contributed by atoms with Crippen LogP contribution in [0.25, 0.3) is 0 Å². The molecule has 0 fully saturated rings. The lowest BCUT2D eigenvalue weighted by atomic mass is 10.0. The number of carbonyl (C=O) groups excluding carboxylic acids is 1. The molecule has 0 aromatic heterocycles. The molecule has 1 heterocycles. The summed E-state index contributed by atoms with van der Waals surface area (Å²) in [6.45, 7) is 3.01. The molecular weight excluding hydrogens is 533 g/mol. The summed E-state index contributed by atoms with van der Waals surface area (Å²) in [6, 6.07) is 22.3. The quantitative estimate of drug-likeness (QED) is 0.316. The van der Waals surface area contributed by atoms with E-state index < -0.39 is 21.5 Å². The predicted molar refractivity (Wildman–Crippen MR) is 148 cm³/mol. The molecule has 0 saturated carbocycles. The summed E-state index contributed by atoms with van der Waals surface area (Å²) in [5.41, 5.74) is 6.21. The van der Waals surface area contributed by atoms with E-state index in [2.05, 4.69) is 9.71 Å². The van der Waals surface area contributed by atoms with Gasteiger partial charge < -0.3 is 5.73 Å². The van der Waals surface area contributed by atoms with E-state index in [0.717, 1.165) is 11.3 Å². The molecule has 0 spiro atoms. The number of halogens is 2. The number of anilines is 1. The van der Waals surface area contributed by atoms with E-state index in [0.29, 0.717) is 22.2 Å². The van der Waals surface area contributed by atoms with Crippen LogP contribution in [0.3, 0.4) is 0 Å². The number of primary amides is 1. The number of hydrazone groups is 1. The topological polar surface area (TPSA) is 117 Å². The number of hydrogen-bond donors (Lipinski definition) is 2. The molecule has 192 valence electrons. The summed E-state index contributed by atoms with van der Waals surface area (Å²) in [5.74, 6) is -0.792. The third-order valence-electron chi connectivity index (χ3n) is 5.81. The SMILES string of the molecule is CC(C)(N=C(NS(=O)(=O)c1ccc(Cl)cc1)C1=NN(c2ccc(Cl)cc2)C(c2ccccc2)C1)C(N)=O. The fourth-order valence-electron chi connectivity index (χ4n) is 3.70. The van der Waals surface area contributed by atoms with Gasteiger partial charge in [0.25, 0.3) is 10.0 Å². The second-order valence-electron chi connectivity index (χ2n) is 8.94. The van der Waals surface area contributed by atoms with Gasteiger partial charge in [-0.15, -0.1) is 0 Å². The van der Waals surface area contributed by atoms with Gasteiger partial charge in [0.1, 0.15) is 11.3 Å². The molecular formula is C26H25Cl2N5O3S. The van der Waals surface area contributed by atoms with Crippen LogP contribution in [0.4, 0.5) is 5.69 Å². The molecule has 1 unspecified atom stereocenters. The normalized spacial score (nSPS) is 16.4. The molecule has 3 aromatic carbocycles. The fraction of sp³-hybridized carbons (Fsp3) is 0.192. The molecule has 3 aromatic rings. The van der Waals surface area contributed by atoms with Gasteiger partial charge in [-0.2, -0.15) is 5.10 Å². The first-order chi connectivity index (χ1) is 17.5. The maximum atomic E-state index is 13.3. The van der Waals surface area contributed by atoms with Gasteiger partial charge in [-0.1, -0.05) is 53.5 Å². The van der Waals surface area contributed by atoms with Crippen molar-refractivity contribution in [1.82, 2.24) is 4.72 Å². The first-order valence-electron chi connectivity index (χ1n) is 11.3. The smallest absolute Gasteiger partial charge is 0.263 e. The van der Waals surface area contributed by atoms with E-state index >= 15 is 0 Å². The Hall–Kier alpha value is -3.40. The molecule has 37 heavy (non-hydrogen) atoms. The first-order valence-corrected chi connectivity index (χ1v) is 13.6. The summed E-state index contributed by atoms with van der Waals surface area (Å²) in [6.07, 6.45) is 0.309. The highest BCUT2D eigenvalue weighted by Gasteiger charge is 2.35. The molecule has 11 heteroatoms. The highest BCUT2D eigenvalue weighted by Crippen LogP contribution is 2.36. The standard InChI is InChI=1S/C26H25Cl2N5O3S/c1-26(2,25(29)34)30-24(32-37(35,36)21-14-10-19(28)11-15-21)22-16-23(17-6-4-3-5-7-17)33(31-22)20-12-8-18(27)9-13-20/h3-15,23H,16H2,1-2H3,(H2,29,34)(H,30,32). The van der Waals surface area contributed by atoms with E-state index in [1.165, 1.54) is 38.1 Å². The number of benzene rings is 3. The number of aliphatic imine (C=N–C) groups is 1. The van der Waals surface area contributed by atoms with Crippen molar-refractivity contribution in [1.29, 1.82) is 0 Å². The molecule has 1 amide bonds. The molecule has 4 rings (SSSR count). The number of sulfonamides is 1. The van der Waals surface area contributed by atoms with Gasteiger partial charge in [0.2, 0.25) is 5.91 Å². The Morgan fingerprint density at radius 3 is 2.14 bits per heavy atom. The van der Waals surface area contributed by atoms with Crippen LogP contribution in [0.5, 0.6) is 0 Å². The number of hydrogen-bond acceptors (Lipinski definition) is 6. The van der Waals surface area contributed by atoms with Gasteiger partial charge in [0, 0.05) is 16.5 Å². The molecule has 1 aliphatic heterocycles. The largest absolute Gasteiger partial charge is 0.368 e. The van der Waals surface area contributed by atoms with Crippen LogP contribution in [-0.2, 0) is 14.8 Å². The van der Waals surface area contributed by atoms with Crippen LogP contribution in [0.1, 0.15) is 31.9 Å². The lowest BCUT2D eigenvalue weighted by molar-refractivity contribution is -0.121.